The van der Waals surface area contributed by atoms with Crippen LogP contribution in [0.15, 0.2) is 76.0 Å². The number of nitrogens with one attached hydrogen (secondary N) is 1. The van der Waals surface area contributed by atoms with Crippen LogP contribution in [0.25, 0.3) is 32.7 Å². The van der Waals surface area contributed by atoms with E-state index in [-0.39, 0.29) is 5.56 Å². The number of fused-ring (bicyclic) bond motifs is 1. The van der Waals surface area contributed by atoms with Crippen molar-refractivity contribution in [2.45, 2.75) is 10.9 Å². The standard InChI is InChI=1S/C22H17N5OS2/c1-27-19(15-10-6-3-7-11-15)25-26-22(27)30-13-17-23-20(28)18-16(12-29-21(18)24-17)14-8-4-2-5-9-14/h2-12H,13H2,1H3,(H,23,24,28). The van der Waals surface area contributed by atoms with Crippen molar-refractivity contribution in [3.05, 3.63) is 82.2 Å². The van der Waals surface area contributed by atoms with Crippen molar-refractivity contribution in [2.24, 2.45) is 7.05 Å². The minimum Gasteiger partial charge on any atom is -0.309 e. The molecular formula is C22H17N5OS2. The third-order valence-electron chi connectivity index (χ3n) is 4.78. The molecule has 0 bridgehead atoms. The molecule has 0 fully saturated rings. The average Bonchev–Trinajstić information content (AvgIpc) is 3.37. The number of H-pyrrole nitrogens is 1. The Balaban J connectivity index is 1.41. The van der Waals surface area contributed by atoms with Gasteiger partial charge in [0.1, 0.15) is 10.7 Å². The zero-order chi connectivity index (χ0) is 20.5. The molecule has 0 saturated carbocycles. The van der Waals surface area contributed by atoms with Gasteiger partial charge in [0.25, 0.3) is 5.56 Å². The minimum absolute atomic E-state index is 0.112. The monoisotopic (exact) mass is 431 g/mol. The SMILES string of the molecule is Cn1c(SCc2nc3scc(-c4ccccc4)c3c(=O)[nH]2)nnc1-c1ccccc1. The largest absolute Gasteiger partial charge is 0.309 e. The van der Waals surface area contributed by atoms with Crippen LogP contribution in [0.3, 0.4) is 0 Å². The molecule has 0 saturated heterocycles. The van der Waals surface area contributed by atoms with Crippen molar-refractivity contribution in [1.82, 2.24) is 24.7 Å². The zero-order valence-corrected chi connectivity index (χ0v) is 17.7. The Hall–Kier alpha value is -3.23. The van der Waals surface area contributed by atoms with Gasteiger partial charge in [-0.25, -0.2) is 4.98 Å². The highest BCUT2D eigenvalue weighted by Gasteiger charge is 2.15. The smallest absolute Gasteiger partial charge is 0.260 e. The quantitative estimate of drug-likeness (QED) is 0.407. The van der Waals surface area contributed by atoms with Crippen LogP contribution in [0, 0.1) is 0 Å². The molecule has 8 heteroatoms. The van der Waals surface area contributed by atoms with Gasteiger partial charge in [0.05, 0.1) is 11.1 Å². The number of rotatable bonds is 5. The summed E-state index contributed by atoms with van der Waals surface area (Å²) in [6.45, 7) is 0. The molecule has 30 heavy (non-hydrogen) atoms. The average molecular weight is 432 g/mol. The third-order valence-corrected chi connectivity index (χ3v) is 6.69. The molecule has 3 aromatic heterocycles. The van der Waals surface area contributed by atoms with Gasteiger partial charge in [0, 0.05) is 23.6 Å². The lowest BCUT2D eigenvalue weighted by atomic mass is 10.1. The lowest BCUT2D eigenvalue weighted by molar-refractivity contribution is 0.793. The van der Waals surface area contributed by atoms with E-state index < -0.39 is 0 Å². The van der Waals surface area contributed by atoms with Crippen molar-refractivity contribution in [1.29, 1.82) is 0 Å². The van der Waals surface area contributed by atoms with Gasteiger partial charge in [-0.15, -0.1) is 21.5 Å². The van der Waals surface area contributed by atoms with Crippen LogP contribution in [-0.2, 0) is 12.8 Å². The highest BCUT2D eigenvalue weighted by Crippen LogP contribution is 2.31. The summed E-state index contributed by atoms with van der Waals surface area (Å²) in [5, 5.41) is 12.0. The summed E-state index contributed by atoms with van der Waals surface area (Å²) in [7, 11) is 1.94. The number of hydrogen-bond donors (Lipinski definition) is 1. The van der Waals surface area contributed by atoms with Crippen LogP contribution in [0.2, 0.25) is 0 Å². The number of hydrogen-bond acceptors (Lipinski definition) is 6. The highest BCUT2D eigenvalue weighted by atomic mass is 32.2. The fraction of sp³-hybridized carbons (Fsp3) is 0.0909. The van der Waals surface area contributed by atoms with Crippen molar-refractivity contribution in [2.75, 3.05) is 0 Å². The van der Waals surface area contributed by atoms with Crippen molar-refractivity contribution in [3.63, 3.8) is 0 Å². The molecule has 0 radical (unpaired) electrons. The Morgan fingerprint density at radius 3 is 2.43 bits per heavy atom. The van der Waals surface area contributed by atoms with Crippen LogP contribution in [0.1, 0.15) is 5.82 Å². The van der Waals surface area contributed by atoms with E-state index in [2.05, 4.69) is 20.2 Å². The fourth-order valence-corrected chi connectivity index (χ4v) is 5.05. The number of benzene rings is 2. The van der Waals surface area contributed by atoms with Gasteiger partial charge in [-0.2, -0.15) is 0 Å². The Morgan fingerprint density at radius 2 is 1.70 bits per heavy atom. The molecule has 0 aliphatic carbocycles. The zero-order valence-electron chi connectivity index (χ0n) is 16.1. The second kappa shape index (κ2) is 7.89. The summed E-state index contributed by atoms with van der Waals surface area (Å²) in [4.78, 5) is 21.2. The Morgan fingerprint density at radius 1 is 1.00 bits per heavy atom. The summed E-state index contributed by atoms with van der Waals surface area (Å²) in [6, 6.07) is 19.8. The number of nitrogens with zero attached hydrogens (tertiary/aromatic N) is 4. The number of aromatic amines is 1. The summed E-state index contributed by atoms with van der Waals surface area (Å²) in [5.74, 6) is 1.94. The molecule has 6 nitrogen and oxygen atoms in total. The second-order valence-corrected chi connectivity index (χ2v) is 8.53. The topological polar surface area (TPSA) is 76.5 Å². The molecular weight excluding hydrogens is 414 g/mol. The van der Waals surface area contributed by atoms with Crippen LogP contribution < -0.4 is 5.56 Å². The first-order valence-corrected chi connectivity index (χ1v) is 11.2. The lowest BCUT2D eigenvalue weighted by Crippen LogP contribution is -2.10. The van der Waals surface area contributed by atoms with Crippen molar-refractivity contribution < 1.29 is 0 Å². The molecule has 0 atom stereocenters. The predicted molar refractivity (Wildman–Crippen MR) is 122 cm³/mol. The van der Waals surface area contributed by atoms with Gasteiger partial charge in [-0.05, 0) is 5.56 Å². The van der Waals surface area contributed by atoms with Crippen molar-refractivity contribution in [3.8, 4) is 22.5 Å². The summed E-state index contributed by atoms with van der Waals surface area (Å²) >= 11 is 2.99. The maximum Gasteiger partial charge on any atom is 0.260 e. The van der Waals surface area contributed by atoms with Crippen LogP contribution in [-0.4, -0.2) is 24.7 Å². The first-order valence-electron chi connectivity index (χ1n) is 9.34. The molecule has 5 aromatic rings. The van der Waals surface area contributed by atoms with Crippen molar-refractivity contribution >= 4 is 33.3 Å². The summed E-state index contributed by atoms with van der Waals surface area (Å²) in [6.07, 6.45) is 0. The molecule has 5 rings (SSSR count). The van der Waals surface area contributed by atoms with E-state index in [1.54, 1.807) is 0 Å². The molecule has 2 aromatic carbocycles. The van der Waals surface area contributed by atoms with Crippen LogP contribution in [0.4, 0.5) is 0 Å². The summed E-state index contributed by atoms with van der Waals surface area (Å²) in [5.41, 5.74) is 2.84. The number of thiophene rings is 1. The van der Waals surface area contributed by atoms with E-state index in [0.717, 1.165) is 32.5 Å². The van der Waals surface area contributed by atoms with Gasteiger partial charge in [0.2, 0.25) is 0 Å². The van der Waals surface area contributed by atoms with Gasteiger partial charge >= 0.3 is 0 Å². The molecule has 0 spiro atoms. The van der Waals surface area contributed by atoms with E-state index in [9.17, 15) is 4.79 Å². The first kappa shape index (κ1) is 18.8. The molecule has 1 N–H and O–H groups in total. The van der Waals surface area contributed by atoms with Crippen LogP contribution in [0.5, 0.6) is 0 Å². The van der Waals surface area contributed by atoms with Gasteiger partial charge < -0.3 is 9.55 Å². The Kier molecular flexibility index (Phi) is 4.94. The molecule has 0 unspecified atom stereocenters. The lowest BCUT2D eigenvalue weighted by Gasteiger charge is -2.04. The molecule has 0 amide bonds. The number of thioether (sulfide) groups is 1. The molecule has 3 heterocycles. The van der Waals surface area contributed by atoms with E-state index in [1.807, 2.05) is 77.7 Å². The Labute approximate surface area is 180 Å². The molecule has 0 aliphatic heterocycles. The molecule has 148 valence electrons. The minimum atomic E-state index is -0.112. The van der Waals surface area contributed by atoms with Gasteiger partial charge in [-0.1, -0.05) is 72.4 Å². The van der Waals surface area contributed by atoms with Crippen LogP contribution >= 0.6 is 23.1 Å². The van der Waals surface area contributed by atoms with E-state index >= 15 is 0 Å². The maximum absolute atomic E-state index is 12.8. The first-order chi connectivity index (χ1) is 14.7. The second-order valence-electron chi connectivity index (χ2n) is 6.73. The van der Waals surface area contributed by atoms with E-state index in [0.29, 0.717) is 17.0 Å². The fourth-order valence-electron chi connectivity index (χ4n) is 3.30. The molecule has 0 aliphatic rings. The third kappa shape index (κ3) is 3.44. The number of aromatic nitrogens is 5. The normalized spacial score (nSPS) is 11.2. The Bertz CT molecular complexity index is 1370. The highest BCUT2D eigenvalue weighted by molar-refractivity contribution is 7.98. The predicted octanol–water partition coefficient (Wildman–Crippen LogP) is 4.74. The summed E-state index contributed by atoms with van der Waals surface area (Å²) < 4.78 is 1.95. The van der Waals surface area contributed by atoms with Gasteiger partial charge in [0.15, 0.2) is 11.0 Å². The maximum atomic E-state index is 12.8. The van der Waals surface area contributed by atoms with E-state index in [4.69, 9.17) is 0 Å². The van der Waals surface area contributed by atoms with E-state index in [1.165, 1.54) is 23.1 Å². The van der Waals surface area contributed by atoms with Gasteiger partial charge in [-0.3, -0.25) is 4.79 Å².